The second-order valence-corrected chi connectivity index (χ2v) is 3.98. The van der Waals surface area contributed by atoms with Crippen molar-refractivity contribution in [3.05, 3.63) is 12.2 Å². The van der Waals surface area contributed by atoms with Gasteiger partial charge in [-0.2, -0.15) is 5.10 Å². The molecule has 0 saturated heterocycles. The minimum absolute atomic E-state index is 0.349. The van der Waals surface area contributed by atoms with Gasteiger partial charge in [-0.3, -0.25) is 5.10 Å². The first-order valence-corrected chi connectivity index (χ1v) is 5.50. The van der Waals surface area contributed by atoms with E-state index in [2.05, 4.69) is 20.5 Å². The minimum Gasteiger partial charge on any atom is -0.380 e. The molecule has 84 valence electrons. The zero-order valence-electron chi connectivity index (χ0n) is 9.07. The minimum atomic E-state index is 0.349. The van der Waals surface area contributed by atoms with Gasteiger partial charge in [0.05, 0.1) is 12.6 Å². The first kappa shape index (κ1) is 10.6. The maximum absolute atomic E-state index is 5.46. The van der Waals surface area contributed by atoms with Gasteiger partial charge in [-0.15, -0.1) is 0 Å². The first-order chi connectivity index (χ1) is 7.40. The van der Waals surface area contributed by atoms with Crippen molar-refractivity contribution in [2.24, 2.45) is 0 Å². The number of aromatic nitrogens is 3. The number of ether oxygens (including phenoxy) is 1. The van der Waals surface area contributed by atoms with Crippen molar-refractivity contribution in [3.8, 4) is 0 Å². The topological polar surface area (TPSA) is 62.8 Å². The Morgan fingerprint density at radius 3 is 3.13 bits per heavy atom. The molecule has 1 aliphatic carbocycles. The second-order valence-electron chi connectivity index (χ2n) is 3.98. The highest BCUT2D eigenvalue weighted by molar-refractivity contribution is 4.85. The summed E-state index contributed by atoms with van der Waals surface area (Å²) < 4.78 is 5.46. The van der Waals surface area contributed by atoms with Crippen LogP contribution in [0.3, 0.4) is 0 Å². The Morgan fingerprint density at radius 1 is 1.53 bits per heavy atom. The fourth-order valence-corrected chi connectivity index (χ4v) is 2.16. The molecule has 2 N–H and O–H groups in total. The maximum Gasteiger partial charge on any atom is 0.138 e. The summed E-state index contributed by atoms with van der Waals surface area (Å²) in [5.74, 6) is 0.885. The molecule has 1 aromatic heterocycles. The molecule has 0 aliphatic heterocycles. The van der Waals surface area contributed by atoms with E-state index in [1.54, 1.807) is 7.11 Å². The average molecular weight is 210 g/mol. The van der Waals surface area contributed by atoms with E-state index in [1.165, 1.54) is 25.6 Å². The lowest BCUT2D eigenvalue weighted by molar-refractivity contribution is 0.0411. The van der Waals surface area contributed by atoms with Gasteiger partial charge in [0.1, 0.15) is 12.2 Å². The molecule has 1 aliphatic rings. The molecule has 0 bridgehead atoms. The third-order valence-electron chi connectivity index (χ3n) is 3.00. The van der Waals surface area contributed by atoms with Crippen molar-refractivity contribution in [2.75, 3.05) is 7.11 Å². The first-order valence-electron chi connectivity index (χ1n) is 5.50. The summed E-state index contributed by atoms with van der Waals surface area (Å²) in [6.07, 6.45) is 6.79. The number of hydrogen-bond donors (Lipinski definition) is 2. The number of aromatic amines is 1. The van der Waals surface area contributed by atoms with Gasteiger partial charge in [0, 0.05) is 13.2 Å². The maximum atomic E-state index is 5.46. The van der Waals surface area contributed by atoms with E-state index in [-0.39, 0.29) is 0 Å². The Kier molecular flexibility index (Phi) is 3.69. The summed E-state index contributed by atoms with van der Waals surface area (Å²) in [5.41, 5.74) is 0. The van der Waals surface area contributed by atoms with E-state index in [4.69, 9.17) is 4.74 Å². The van der Waals surface area contributed by atoms with Crippen LogP contribution in [0.15, 0.2) is 6.33 Å². The normalized spacial score (nSPS) is 26.7. The van der Waals surface area contributed by atoms with Crippen LogP contribution in [0.25, 0.3) is 0 Å². The number of nitrogens with zero attached hydrogens (tertiary/aromatic N) is 2. The predicted octanol–water partition coefficient (Wildman–Crippen LogP) is 0.852. The van der Waals surface area contributed by atoms with Gasteiger partial charge >= 0.3 is 0 Å². The second kappa shape index (κ2) is 5.23. The Balaban J connectivity index is 1.81. The molecule has 5 nitrogen and oxygen atoms in total. The van der Waals surface area contributed by atoms with E-state index in [1.807, 2.05) is 0 Å². The van der Waals surface area contributed by atoms with Gasteiger partial charge in [0.15, 0.2) is 0 Å². The van der Waals surface area contributed by atoms with Crippen LogP contribution >= 0.6 is 0 Å². The summed E-state index contributed by atoms with van der Waals surface area (Å²) in [6.45, 7) is 0.741. The van der Waals surface area contributed by atoms with Gasteiger partial charge < -0.3 is 10.1 Å². The Labute approximate surface area is 89.6 Å². The molecule has 1 fully saturated rings. The van der Waals surface area contributed by atoms with E-state index >= 15 is 0 Å². The fraction of sp³-hybridized carbons (Fsp3) is 0.800. The molecule has 2 rings (SSSR count). The van der Waals surface area contributed by atoms with Crippen molar-refractivity contribution in [2.45, 2.75) is 44.4 Å². The molecular weight excluding hydrogens is 192 g/mol. The molecule has 0 amide bonds. The lowest BCUT2D eigenvalue weighted by atomic mass is 9.92. The summed E-state index contributed by atoms with van der Waals surface area (Å²) in [7, 11) is 1.79. The largest absolute Gasteiger partial charge is 0.380 e. The molecule has 15 heavy (non-hydrogen) atoms. The highest BCUT2D eigenvalue weighted by atomic mass is 16.5. The zero-order valence-corrected chi connectivity index (χ0v) is 9.07. The molecule has 0 radical (unpaired) electrons. The van der Waals surface area contributed by atoms with Crippen LogP contribution in [0.4, 0.5) is 0 Å². The van der Waals surface area contributed by atoms with Crippen LogP contribution in [0.1, 0.15) is 31.5 Å². The zero-order chi connectivity index (χ0) is 10.5. The Morgan fingerprint density at radius 2 is 2.40 bits per heavy atom. The summed E-state index contributed by atoms with van der Waals surface area (Å²) >= 11 is 0. The average Bonchev–Trinajstić information content (AvgIpc) is 2.79. The van der Waals surface area contributed by atoms with Crippen LogP contribution in [-0.4, -0.2) is 34.4 Å². The van der Waals surface area contributed by atoms with E-state index in [0.717, 1.165) is 18.8 Å². The van der Waals surface area contributed by atoms with Crippen molar-refractivity contribution in [1.82, 2.24) is 20.5 Å². The predicted molar refractivity (Wildman–Crippen MR) is 56.3 cm³/mol. The molecule has 5 heteroatoms. The van der Waals surface area contributed by atoms with Gasteiger partial charge in [-0.05, 0) is 12.8 Å². The van der Waals surface area contributed by atoms with E-state index in [9.17, 15) is 0 Å². The standard InChI is InChI=1S/C10H18N4O/c1-15-9-5-3-2-4-8(9)11-6-10-12-7-13-14-10/h7-9,11H,2-6H2,1H3,(H,12,13,14). The number of H-pyrrole nitrogens is 1. The van der Waals surface area contributed by atoms with Gasteiger partial charge in [0.25, 0.3) is 0 Å². The van der Waals surface area contributed by atoms with Crippen molar-refractivity contribution in [3.63, 3.8) is 0 Å². The van der Waals surface area contributed by atoms with Gasteiger partial charge in [0.2, 0.25) is 0 Å². The lowest BCUT2D eigenvalue weighted by Gasteiger charge is -2.30. The third kappa shape index (κ3) is 2.76. The molecule has 1 heterocycles. The van der Waals surface area contributed by atoms with Gasteiger partial charge in [-0.25, -0.2) is 4.98 Å². The molecule has 2 atom stereocenters. The Bertz CT molecular complexity index is 275. The van der Waals surface area contributed by atoms with Gasteiger partial charge in [-0.1, -0.05) is 12.8 Å². The highest BCUT2D eigenvalue weighted by Gasteiger charge is 2.24. The number of methoxy groups -OCH3 is 1. The quantitative estimate of drug-likeness (QED) is 0.773. The summed E-state index contributed by atoms with van der Waals surface area (Å²) in [5, 5.41) is 10.1. The SMILES string of the molecule is COC1CCCCC1NCc1ncn[nH]1. The summed E-state index contributed by atoms with van der Waals surface area (Å²) in [4.78, 5) is 4.08. The van der Waals surface area contributed by atoms with Crippen molar-refractivity contribution >= 4 is 0 Å². The van der Waals surface area contributed by atoms with Crippen LogP contribution in [0.5, 0.6) is 0 Å². The fourth-order valence-electron chi connectivity index (χ4n) is 2.16. The molecular formula is C10H18N4O. The number of hydrogen-bond acceptors (Lipinski definition) is 4. The number of rotatable bonds is 4. The smallest absolute Gasteiger partial charge is 0.138 e. The van der Waals surface area contributed by atoms with Crippen LogP contribution < -0.4 is 5.32 Å². The molecule has 0 aromatic carbocycles. The highest BCUT2D eigenvalue weighted by Crippen LogP contribution is 2.20. The van der Waals surface area contributed by atoms with Crippen molar-refractivity contribution in [1.29, 1.82) is 0 Å². The number of nitrogens with one attached hydrogen (secondary N) is 2. The Hall–Kier alpha value is -0.940. The van der Waals surface area contributed by atoms with Crippen LogP contribution in [0.2, 0.25) is 0 Å². The van der Waals surface area contributed by atoms with E-state index < -0.39 is 0 Å². The molecule has 1 aromatic rings. The van der Waals surface area contributed by atoms with E-state index in [0.29, 0.717) is 12.1 Å². The molecule has 1 saturated carbocycles. The molecule has 2 unspecified atom stereocenters. The monoisotopic (exact) mass is 210 g/mol. The third-order valence-corrected chi connectivity index (χ3v) is 3.00. The summed E-state index contributed by atoms with van der Waals surface area (Å²) in [6, 6.07) is 0.453. The van der Waals surface area contributed by atoms with Crippen LogP contribution in [0, 0.1) is 0 Å². The molecule has 0 spiro atoms. The van der Waals surface area contributed by atoms with Crippen molar-refractivity contribution < 1.29 is 4.74 Å². The lowest BCUT2D eigenvalue weighted by Crippen LogP contribution is -2.42. The van der Waals surface area contributed by atoms with Crippen LogP contribution in [-0.2, 0) is 11.3 Å².